The largest absolute Gasteiger partial charge is 0.478 e. The first kappa shape index (κ1) is 22.0. The first-order valence-corrected chi connectivity index (χ1v) is 10.3. The zero-order valence-corrected chi connectivity index (χ0v) is 17.8. The van der Waals surface area contributed by atoms with Gasteiger partial charge in [0, 0.05) is 18.3 Å². The van der Waals surface area contributed by atoms with E-state index in [-0.39, 0.29) is 29.7 Å². The molecule has 160 valence electrons. The lowest BCUT2D eigenvalue weighted by Gasteiger charge is -2.07. The van der Waals surface area contributed by atoms with Gasteiger partial charge in [0.25, 0.3) is 5.91 Å². The molecule has 0 radical (unpaired) electrons. The van der Waals surface area contributed by atoms with Crippen LogP contribution in [0.5, 0.6) is 0 Å². The van der Waals surface area contributed by atoms with Crippen LogP contribution in [0.1, 0.15) is 32.1 Å². The van der Waals surface area contributed by atoms with Gasteiger partial charge in [-0.2, -0.15) is 0 Å². The summed E-state index contributed by atoms with van der Waals surface area (Å²) in [5.41, 5.74) is 2.07. The summed E-state index contributed by atoms with van der Waals surface area (Å²) in [7, 11) is 1.75. The Balaban J connectivity index is 1.53. The van der Waals surface area contributed by atoms with Crippen LogP contribution in [0, 0.1) is 6.92 Å². The maximum atomic E-state index is 12.3. The molecule has 0 aliphatic rings. The molecule has 1 aromatic heterocycles. The van der Waals surface area contributed by atoms with Crippen LogP contribution in [0.4, 0.5) is 5.69 Å². The van der Waals surface area contributed by atoms with Crippen LogP contribution in [0.3, 0.4) is 0 Å². The van der Waals surface area contributed by atoms with Crippen LogP contribution in [-0.2, 0) is 18.4 Å². The Labute approximate surface area is 182 Å². The van der Waals surface area contributed by atoms with Gasteiger partial charge in [0.1, 0.15) is 0 Å². The standard InChI is InChI=1S/C21H21N5O4S/c1-13-5-3-6-14(9-13)19(28)22-11-17-24-25-21(26(17)2)31-12-18(27)23-16-8-4-7-15(10-16)20(29)30/h3-10H,11-12H2,1-2H3,(H,22,28)(H,23,27)(H,29,30). The van der Waals surface area contributed by atoms with Crippen LogP contribution >= 0.6 is 11.8 Å². The van der Waals surface area contributed by atoms with E-state index in [0.29, 0.717) is 22.2 Å². The topological polar surface area (TPSA) is 126 Å². The highest BCUT2D eigenvalue weighted by Gasteiger charge is 2.14. The number of aromatic nitrogens is 3. The fourth-order valence-corrected chi connectivity index (χ4v) is 3.46. The minimum absolute atomic E-state index is 0.0684. The summed E-state index contributed by atoms with van der Waals surface area (Å²) >= 11 is 1.19. The molecular formula is C21H21N5O4S. The quantitative estimate of drug-likeness (QED) is 0.460. The Bertz CT molecular complexity index is 1130. The molecule has 3 aromatic rings. The van der Waals surface area contributed by atoms with Crippen molar-refractivity contribution in [3.63, 3.8) is 0 Å². The third-order valence-electron chi connectivity index (χ3n) is 4.34. The van der Waals surface area contributed by atoms with E-state index in [1.54, 1.807) is 35.9 Å². The Morgan fingerprint density at radius 1 is 1.06 bits per heavy atom. The molecule has 9 nitrogen and oxygen atoms in total. The number of anilines is 1. The van der Waals surface area contributed by atoms with E-state index in [0.717, 1.165) is 5.56 Å². The van der Waals surface area contributed by atoms with E-state index in [2.05, 4.69) is 20.8 Å². The molecule has 1 heterocycles. The van der Waals surface area contributed by atoms with Gasteiger partial charge in [0.05, 0.1) is 17.9 Å². The van der Waals surface area contributed by atoms with Crippen LogP contribution in [0.25, 0.3) is 0 Å². The molecule has 0 aliphatic heterocycles. The van der Waals surface area contributed by atoms with Crippen molar-refractivity contribution in [2.24, 2.45) is 7.05 Å². The molecular weight excluding hydrogens is 418 g/mol. The Hall–Kier alpha value is -3.66. The van der Waals surface area contributed by atoms with Gasteiger partial charge in [-0.3, -0.25) is 9.59 Å². The summed E-state index contributed by atoms with van der Waals surface area (Å²) in [6.45, 7) is 2.12. The molecule has 3 N–H and O–H groups in total. The van der Waals surface area contributed by atoms with Crippen LogP contribution in [0.15, 0.2) is 53.7 Å². The number of hydrogen-bond acceptors (Lipinski definition) is 6. The molecule has 0 atom stereocenters. The number of aromatic carboxylic acids is 1. The zero-order valence-electron chi connectivity index (χ0n) is 17.0. The maximum Gasteiger partial charge on any atom is 0.335 e. The van der Waals surface area contributed by atoms with Crippen LogP contribution < -0.4 is 10.6 Å². The van der Waals surface area contributed by atoms with Crippen molar-refractivity contribution in [3.05, 3.63) is 71.0 Å². The monoisotopic (exact) mass is 439 g/mol. The lowest BCUT2D eigenvalue weighted by molar-refractivity contribution is -0.113. The van der Waals surface area contributed by atoms with E-state index >= 15 is 0 Å². The number of aryl methyl sites for hydroxylation is 1. The molecule has 0 bridgehead atoms. The van der Waals surface area contributed by atoms with Gasteiger partial charge < -0.3 is 20.3 Å². The van der Waals surface area contributed by atoms with Gasteiger partial charge in [0.2, 0.25) is 5.91 Å². The second kappa shape index (κ2) is 9.90. The van der Waals surface area contributed by atoms with Crippen LogP contribution in [-0.4, -0.2) is 43.4 Å². The summed E-state index contributed by atoms with van der Waals surface area (Å²) in [5, 5.41) is 23.1. The van der Waals surface area contributed by atoms with E-state index in [1.807, 2.05) is 19.1 Å². The molecule has 3 rings (SSSR count). The first-order valence-electron chi connectivity index (χ1n) is 9.32. The molecule has 0 fully saturated rings. The van der Waals surface area contributed by atoms with Crippen molar-refractivity contribution in [1.82, 2.24) is 20.1 Å². The summed E-state index contributed by atoms with van der Waals surface area (Å²) in [6, 6.07) is 13.3. The maximum absolute atomic E-state index is 12.3. The number of nitrogens with zero attached hydrogens (tertiary/aromatic N) is 3. The van der Waals surface area contributed by atoms with Gasteiger partial charge in [0.15, 0.2) is 11.0 Å². The van der Waals surface area contributed by atoms with Crippen LogP contribution in [0.2, 0.25) is 0 Å². The number of benzene rings is 2. The smallest absolute Gasteiger partial charge is 0.335 e. The second-order valence-corrected chi connectivity index (χ2v) is 7.68. The highest BCUT2D eigenvalue weighted by Crippen LogP contribution is 2.17. The van der Waals surface area contributed by atoms with E-state index in [9.17, 15) is 14.4 Å². The third-order valence-corrected chi connectivity index (χ3v) is 5.36. The number of carbonyl (C=O) groups excluding carboxylic acids is 2. The fraction of sp³-hybridized carbons (Fsp3) is 0.190. The van der Waals surface area contributed by atoms with Gasteiger partial charge in [-0.05, 0) is 37.3 Å². The second-order valence-electron chi connectivity index (χ2n) is 6.73. The van der Waals surface area contributed by atoms with Gasteiger partial charge in [-0.15, -0.1) is 10.2 Å². The lowest BCUT2D eigenvalue weighted by atomic mass is 10.1. The van der Waals surface area contributed by atoms with Gasteiger partial charge in [-0.1, -0.05) is 35.5 Å². The Morgan fingerprint density at radius 2 is 1.81 bits per heavy atom. The first-order chi connectivity index (χ1) is 14.8. The number of carboxylic acid groups (broad SMARTS) is 1. The molecule has 0 saturated carbocycles. The number of nitrogens with one attached hydrogen (secondary N) is 2. The van der Waals surface area contributed by atoms with E-state index < -0.39 is 5.97 Å². The number of carboxylic acids is 1. The average Bonchev–Trinajstić information content (AvgIpc) is 3.10. The Morgan fingerprint density at radius 3 is 2.55 bits per heavy atom. The number of carbonyl (C=O) groups is 3. The highest BCUT2D eigenvalue weighted by atomic mass is 32.2. The minimum Gasteiger partial charge on any atom is -0.478 e. The summed E-state index contributed by atoms with van der Waals surface area (Å²) in [5.74, 6) is -0.947. The SMILES string of the molecule is Cc1cccc(C(=O)NCc2nnc(SCC(=O)Nc3cccc(C(=O)O)c3)n2C)c1. The molecule has 10 heteroatoms. The van der Waals surface area contributed by atoms with Crippen molar-refractivity contribution in [1.29, 1.82) is 0 Å². The minimum atomic E-state index is -1.06. The zero-order chi connectivity index (χ0) is 22.4. The average molecular weight is 439 g/mol. The number of amides is 2. The van der Waals surface area contributed by atoms with Gasteiger partial charge >= 0.3 is 5.97 Å². The third kappa shape index (κ3) is 5.92. The lowest BCUT2D eigenvalue weighted by Crippen LogP contribution is -2.24. The molecule has 31 heavy (non-hydrogen) atoms. The van der Waals surface area contributed by atoms with E-state index in [1.165, 1.54) is 23.9 Å². The predicted molar refractivity (Wildman–Crippen MR) is 116 cm³/mol. The number of hydrogen-bond donors (Lipinski definition) is 3. The number of thioether (sulfide) groups is 1. The molecule has 0 aliphatic carbocycles. The van der Waals surface area contributed by atoms with Crippen molar-refractivity contribution in [2.45, 2.75) is 18.6 Å². The molecule has 0 spiro atoms. The predicted octanol–water partition coefficient (Wildman–Crippen LogP) is 2.48. The van der Waals surface area contributed by atoms with Crippen molar-refractivity contribution in [3.8, 4) is 0 Å². The Kier molecular flexibility index (Phi) is 7.03. The van der Waals surface area contributed by atoms with Crippen molar-refractivity contribution in [2.75, 3.05) is 11.1 Å². The molecule has 0 unspecified atom stereocenters. The highest BCUT2D eigenvalue weighted by molar-refractivity contribution is 7.99. The number of rotatable bonds is 8. The summed E-state index contributed by atoms with van der Waals surface area (Å²) in [6.07, 6.45) is 0. The van der Waals surface area contributed by atoms with Crippen molar-refractivity contribution >= 4 is 35.2 Å². The van der Waals surface area contributed by atoms with Gasteiger partial charge in [-0.25, -0.2) is 4.79 Å². The molecule has 0 saturated heterocycles. The normalized spacial score (nSPS) is 10.5. The van der Waals surface area contributed by atoms with E-state index in [4.69, 9.17) is 5.11 Å². The fourth-order valence-electron chi connectivity index (χ4n) is 2.73. The van der Waals surface area contributed by atoms with Crippen molar-refractivity contribution < 1.29 is 19.5 Å². The summed E-state index contributed by atoms with van der Waals surface area (Å²) in [4.78, 5) is 35.5. The summed E-state index contributed by atoms with van der Waals surface area (Å²) < 4.78 is 1.71. The molecule has 2 aromatic carbocycles. The molecule has 2 amide bonds.